The van der Waals surface area contributed by atoms with Gasteiger partial charge in [-0.15, -0.1) is 11.3 Å². The minimum absolute atomic E-state index is 0.109. The van der Waals surface area contributed by atoms with Crippen LogP contribution in [0, 0.1) is 0 Å². The van der Waals surface area contributed by atoms with Crippen LogP contribution in [-0.2, 0) is 0 Å². The van der Waals surface area contributed by atoms with Gasteiger partial charge in [0.1, 0.15) is 5.15 Å². The first-order valence-electron chi connectivity index (χ1n) is 4.32. The summed E-state index contributed by atoms with van der Waals surface area (Å²) in [6.07, 6.45) is 0. The molecule has 0 aliphatic rings. The Labute approximate surface area is 93.6 Å². The Morgan fingerprint density at radius 1 is 1.33 bits per heavy atom. The number of hydrogen-bond acceptors (Lipinski definition) is 3. The van der Waals surface area contributed by atoms with Gasteiger partial charge in [-0.1, -0.05) is 23.7 Å². The molecule has 0 saturated carbocycles. The summed E-state index contributed by atoms with van der Waals surface area (Å²) < 4.78 is 1.43. The van der Waals surface area contributed by atoms with Crippen LogP contribution < -0.4 is 5.56 Å². The average Bonchev–Trinajstić information content (AvgIpc) is 2.61. The van der Waals surface area contributed by atoms with Gasteiger partial charge in [0.25, 0.3) is 5.56 Å². The predicted molar refractivity (Wildman–Crippen MR) is 61.9 cm³/mol. The lowest BCUT2D eigenvalue weighted by Crippen LogP contribution is -2.13. The third-order valence-electron chi connectivity index (χ3n) is 2.22. The van der Waals surface area contributed by atoms with Gasteiger partial charge < -0.3 is 0 Å². The molecule has 1 aromatic carbocycles. The van der Waals surface area contributed by atoms with Crippen molar-refractivity contribution in [2.75, 3.05) is 0 Å². The van der Waals surface area contributed by atoms with Crippen LogP contribution in [-0.4, -0.2) is 9.38 Å². The monoisotopic (exact) mass is 236 g/mol. The first kappa shape index (κ1) is 8.88. The van der Waals surface area contributed by atoms with Gasteiger partial charge in [0.2, 0.25) is 0 Å². The van der Waals surface area contributed by atoms with E-state index in [1.165, 1.54) is 15.7 Å². The van der Waals surface area contributed by atoms with E-state index in [0.717, 1.165) is 0 Å². The molecule has 0 unspecified atom stereocenters. The maximum atomic E-state index is 12.0. The quantitative estimate of drug-likeness (QED) is 0.601. The summed E-state index contributed by atoms with van der Waals surface area (Å²) in [7, 11) is 0. The molecule has 0 radical (unpaired) electrons. The highest BCUT2D eigenvalue weighted by Crippen LogP contribution is 2.19. The van der Waals surface area contributed by atoms with E-state index in [0.29, 0.717) is 21.0 Å². The lowest BCUT2D eigenvalue weighted by Gasteiger charge is -1.97. The van der Waals surface area contributed by atoms with E-state index in [9.17, 15) is 4.79 Å². The number of thiazole rings is 1. The molecule has 15 heavy (non-hydrogen) atoms. The van der Waals surface area contributed by atoms with Crippen molar-refractivity contribution in [1.29, 1.82) is 0 Å². The molecule has 0 N–H and O–H groups in total. The molecule has 5 heteroatoms. The normalized spacial score (nSPS) is 11.3. The fourth-order valence-corrected chi connectivity index (χ4v) is 2.62. The second kappa shape index (κ2) is 3.05. The summed E-state index contributed by atoms with van der Waals surface area (Å²) in [5, 5.41) is 2.72. The van der Waals surface area contributed by atoms with E-state index in [1.54, 1.807) is 11.4 Å². The van der Waals surface area contributed by atoms with Crippen molar-refractivity contribution in [3.05, 3.63) is 45.2 Å². The van der Waals surface area contributed by atoms with Gasteiger partial charge in [-0.25, -0.2) is 9.38 Å². The van der Waals surface area contributed by atoms with Gasteiger partial charge in [-0.3, -0.25) is 4.79 Å². The van der Waals surface area contributed by atoms with Crippen molar-refractivity contribution in [3.63, 3.8) is 0 Å². The van der Waals surface area contributed by atoms with Crippen LogP contribution in [0.5, 0.6) is 0 Å². The summed E-state index contributed by atoms with van der Waals surface area (Å²) in [4.78, 5) is 17.0. The van der Waals surface area contributed by atoms with E-state index in [-0.39, 0.29) is 5.56 Å². The lowest BCUT2D eigenvalue weighted by atomic mass is 10.2. The molecule has 3 rings (SSSR count). The SMILES string of the molecule is O=c1c2ccccc2nc2scc(Cl)n12. The van der Waals surface area contributed by atoms with E-state index in [4.69, 9.17) is 11.6 Å². The van der Waals surface area contributed by atoms with Gasteiger partial charge in [-0.2, -0.15) is 0 Å². The Bertz CT molecular complexity index is 716. The van der Waals surface area contributed by atoms with Crippen molar-refractivity contribution < 1.29 is 0 Å². The number of benzene rings is 1. The maximum absolute atomic E-state index is 12.0. The summed E-state index contributed by atoms with van der Waals surface area (Å²) >= 11 is 7.27. The maximum Gasteiger partial charge on any atom is 0.267 e. The van der Waals surface area contributed by atoms with Crippen LogP contribution in [0.3, 0.4) is 0 Å². The fraction of sp³-hybridized carbons (Fsp3) is 0. The molecule has 0 amide bonds. The minimum Gasteiger partial charge on any atom is -0.268 e. The average molecular weight is 237 g/mol. The minimum atomic E-state index is -0.109. The highest BCUT2D eigenvalue weighted by atomic mass is 35.5. The van der Waals surface area contributed by atoms with Gasteiger partial charge in [-0.05, 0) is 12.1 Å². The van der Waals surface area contributed by atoms with E-state index >= 15 is 0 Å². The van der Waals surface area contributed by atoms with Crippen molar-refractivity contribution in [3.8, 4) is 0 Å². The van der Waals surface area contributed by atoms with Crippen molar-refractivity contribution in [2.45, 2.75) is 0 Å². The lowest BCUT2D eigenvalue weighted by molar-refractivity contribution is 1.11. The van der Waals surface area contributed by atoms with Crippen LogP contribution in [0.1, 0.15) is 0 Å². The van der Waals surface area contributed by atoms with E-state index in [1.807, 2.05) is 18.2 Å². The van der Waals surface area contributed by atoms with Crippen LogP contribution in [0.15, 0.2) is 34.4 Å². The van der Waals surface area contributed by atoms with Crippen LogP contribution in [0.4, 0.5) is 0 Å². The van der Waals surface area contributed by atoms with Crippen molar-refractivity contribution in [2.24, 2.45) is 0 Å². The van der Waals surface area contributed by atoms with Crippen molar-refractivity contribution in [1.82, 2.24) is 9.38 Å². The Hall–Kier alpha value is -1.39. The molecular weight excluding hydrogens is 232 g/mol. The van der Waals surface area contributed by atoms with Crippen LogP contribution in [0.25, 0.3) is 15.9 Å². The Morgan fingerprint density at radius 2 is 2.13 bits per heavy atom. The molecule has 0 atom stereocenters. The molecule has 74 valence electrons. The number of hydrogen-bond donors (Lipinski definition) is 0. The third kappa shape index (κ3) is 1.19. The summed E-state index contributed by atoms with van der Waals surface area (Å²) in [5.41, 5.74) is 0.600. The standard InChI is InChI=1S/C10H5ClN2OS/c11-8-5-15-10-12-7-4-2-1-3-6(7)9(14)13(8)10/h1-5H. The fourth-order valence-electron chi connectivity index (χ4n) is 1.53. The number of aromatic nitrogens is 2. The third-order valence-corrected chi connectivity index (χ3v) is 3.45. The zero-order valence-corrected chi connectivity index (χ0v) is 9.05. The molecular formula is C10H5ClN2OS. The summed E-state index contributed by atoms with van der Waals surface area (Å²) in [6.45, 7) is 0. The van der Waals surface area contributed by atoms with E-state index in [2.05, 4.69) is 4.98 Å². The molecule has 2 heterocycles. The number of para-hydroxylation sites is 1. The number of rotatable bonds is 0. The predicted octanol–water partition coefficient (Wildman–Crippen LogP) is 2.56. The Morgan fingerprint density at radius 3 is 3.00 bits per heavy atom. The molecule has 0 aliphatic carbocycles. The molecule has 2 aromatic heterocycles. The largest absolute Gasteiger partial charge is 0.268 e. The van der Waals surface area contributed by atoms with Gasteiger partial charge in [0.15, 0.2) is 4.96 Å². The van der Waals surface area contributed by atoms with Crippen LogP contribution >= 0.6 is 22.9 Å². The smallest absolute Gasteiger partial charge is 0.267 e. The molecule has 0 aliphatic heterocycles. The van der Waals surface area contributed by atoms with Gasteiger partial charge in [0.05, 0.1) is 10.9 Å². The molecule has 3 aromatic rings. The zero-order valence-electron chi connectivity index (χ0n) is 7.48. The van der Waals surface area contributed by atoms with Gasteiger partial charge >= 0.3 is 0 Å². The molecule has 0 spiro atoms. The highest BCUT2D eigenvalue weighted by Gasteiger charge is 2.08. The molecule has 0 bridgehead atoms. The molecule has 3 nitrogen and oxygen atoms in total. The number of nitrogens with zero attached hydrogens (tertiary/aromatic N) is 2. The Balaban J connectivity index is 2.69. The van der Waals surface area contributed by atoms with Crippen molar-refractivity contribution >= 4 is 38.8 Å². The van der Waals surface area contributed by atoms with E-state index < -0.39 is 0 Å². The topological polar surface area (TPSA) is 34.4 Å². The highest BCUT2D eigenvalue weighted by molar-refractivity contribution is 7.15. The second-order valence-corrected chi connectivity index (χ2v) is 4.33. The number of fused-ring (bicyclic) bond motifs is 2. The second-order valence-electron chi connectivity index (χ2n) is 3.11. The Kier molecular flexibility index (Phi) is 1.81. The molecule has 0 fully saturated rings. The first-order valence-corrected chi connectivity index (χ1v) is 5.57. The summed E-state index contributed by atoms with van der Waals surface area (Å²) in [5.74, 6) is 0. The zero-order chi connectivity index (χ0) is 10.4. The number of halogens is 1. The van der Waals surface area contributed by atoms with Crippen LogP contribution in [0.2, 0.25) is 5.15 Å². The first-order chi connectivity index (χ1) is 7.27. The summed E-state index contributed by atoms with van der Waals surface area (Å²) in [6, 6.07) is 7.26. The van der Waals surface area contributed by atoms with Gasteiger partial charge in [0, 0.05) is 5.38 Å². The molecule has 0 saturated heterocycles.